The molecule has 0 saturated carbocycles. The van der Waals surface area contributed by atoms with E-state index in [4.69, 9.17) is 0 Å². The third-order valence-electron chi connectivity index (χ3n) is 2.70. The number of hydrogen-bond donors (Lipinski definition) is 1. The molecule has 1 aliphatic heterocycles. The van der Waals surface area contributed by atoms with Crippen LogP contribution in [-0.2, 0) is 4.79 Å². The number of hydrogen-bond acceptors (Lipinski definition) is 6. The lowest BCUT2D eigenvalue weighted by Crippen LogP contribution is -2.33. The molecule has 0 radical (unpaired) electrons. The first-order valence-corrected chi connectivity index (χ1v) is 8.68. The maximum absolute atomic E-state index is 11.9. The fraction of sp³-hybridized carbons (Fsp3) is 0.250. The molecule has 3 heterocycles. The fourth-order valence-electron chi connectivity index (χ4n) is 1.77. The van der Waals surface area contributed by atoms with E-state index in [9.17, 15) is 9.59 Å². The largest absolute Gasteiger partial charge is 0.323 e. The van der Waals surface area contributed by atoms with Crippen LogP contribution in [0.15, 0.2) is 22.9 Å². The van der Waals surface area contributed by atoms with Gasteiger partial charge in [0.1, 0.15) is 6.54 Å². The second-order valence-electron chi connectivity index (χ2n) is 4.10. The van der Waals surface area contributed by atoms with Gasteiger partial charge in [-0.2, -0.15) is 0 Å². The fourth-order valence-corrected chi connectivity index (χ4v) is 4.08. The maximum atomic E-state index is 11.9. The topological polar surface area (TPSA) is 62.3 Å². The van der Waals surface area contributed by atoms with E-state index in [1.807, 2.05) is 22.9 Å². The summed E-state index contributed by atoms with van der Waals surface area (Å²) in [6, 6.07) is 3.96. The van der Waals surface area contributed by atoms with Crippen LogP contribution in [0, 0.1) is 0 Å². The highest BCUT2D eigenvalue weighted by molar-refractivity contribution is 8.13. The van der Waals surface area contributed by atoms with Crippen molar-refractivity contribution in [1.29, 1.82) is 0 Å². The van der Waals surface area contributed by atoms with Crippen molar-refractivity contribution in [3.05, 3.63) is 22.9 Å². The smallest absolute Gasteiger partial charge is 0.282 e. The number of aromatic nitrogens is 1. The van der Waals surface area contributed by atoms with Crippen LogP contribution in [0.1, 0.15) is 0 Å². The summed E-state index contributed by atoms with van der Waals surface area (Å²) in [7, 11) is 0. The van der Waals surface area contributed by atoms with Crippen LogP contribution in [0.5, 0.6) is 0 Å². The van der Waals surface area contributed by atoms with Crippen molar-refractivity contribution < 1.29 is 9.59 Å². The van der Waals surface area contributed by atoms with Crippen molar-refractivity contribution in [2.24, 2.45) is 0 Å². The quantitative estimate of drug-likeness (QED) is 0.939. The van der Waals surface area contributed by atoms with Gasteiger partial charge in [-0.05, 0) is 11.4 Å². The Bertz CT molecular complexity index is 624. The van der Waals surface area contributed by atoms with Gasteiger partial charge in [-0.25, -0.2) is 4.98 Å². The minimum absolute atomic E-state index is 0.0291. The summed E-state index contributed by atoms with van der Waals surface area (Å²) < 4.78 is 0. The number of anilines is 1. The van der Waals surface area contributed by atoms with Crippen LogP contribution in [0.4, 0.5) is 9.93 Å². The number of carbonyl (C=O) groups is 2. The first-order chi connectivity index (χ1) is 9.72. The van der Waals surface area contributed by atoms with Crippen molar-refractivity contribution >= 4 is 50.7 Å². The van der Waals surface area contributed by atoms with Crippen molar-refractivity contribution in [3.63, 3.8) is 0 Å². The van der Waals surface area contributed by atoms with E-state index in [2.05, 4.69) is 10.3 Å². The van der Waals surface area contributed by atoms with Gasteiger partial charge in [0.15, 0.2) is 5.13 Å². The zero-order chi connectivity index (χ0) is 13.9. The standard InChI is InChI=1S/C12H11N3O2S3/c16-10(6-15-3-5-19-12(15)17)14-11-13-8(7-20-11)9-2-1-4-18-9/h1-2,4,7H,3,5-6H2,(H,13,14,16). The van der Waals surface area contributed by atoms with Crippen molar-refractivity contribution in [2.45, 2.75) is 0 Å². The van der Waals surface area contributed by atoms with Crippen LogP contribution >= 0.6 is 34.4 Å². The molecule has 8 heteroatoms. The summed E-state index contributed by atoms with van der Waals surface area (Å²) in [5, 5.41) is 7.18. The number of thioether (sulfide) groups is 1. The molecule has 0 atom stereocenters. The van der Waals surface area contributed by atoms with Crippen LogP contribution in [-0.4, -0.2) is 39.9 Å². The summed E-state index contributed by atoms with van der Waals surface area (Å²) >= 11 is 4.25. The van der Waals surface area contributed by atoms with Gasteiger partial charge < -0.3 is 10.2 Å². The van der Waals surface area contributed by atoms with Crippen LogP contribution < -0.4 is 5.32 Å². The van der Waals surface area contributed by atoms with Crippen LogP contribution in [0.2, 0.25) is 0 Å². The predicted octanol–water partition coefficient (Wildman–Crippen LogP) is 2.98. The zero-order valence-electron chi connectivity index (χ0n) is 10.4. The van der Waals surface area contributed by atoms with Crippen molar-refractivity contribution in [1.82, 2.24) is 9.88 Å². The minimum Gasteiger partial charge on any atom is -0.323 e. The second-order valence-corrected chi connectivity index (χ2v) is 6.95. The second kappa shape index (κ2) is 5.94. The third kappa shape index (κ3) is 3.02. The normalized spacial score (nSPS) is 14.8. The summed E-state index contributed by atoms with van der Waals surface area (Å²) in [4.78, 5) is 30.3. The lowest BCUT2D eigenvalue weighted by molar-refractivity contribution is -0.116. The number of nitrogens with one attached hydrogen (secondary N) is 1. The Morgan fingerprint density at radius 2 is 2.35 bits per heavy atom. The third-order valence-corrected chi connectivity index (χ3v) is 5.25. The number of nitrogens with zero attached hydrogens (tertiary/aromatic N) is 2. The molecule has 1 aliphatic rings. The molecule has 0 aromatic carbocycles. The molecule has 2 amide bonds. The molecular formula is C12H11N3O2S3. The number of rotatable bonds is 4. The predicted molar refractivity (Wildman–Crippen MR) is 83.5 cm³/mol. The summed E-state index contributed by atoms with van der Waals surface area (Å²) in [5.74, 6) is 0.555. The number of thiazole rings is 1. The minimum atomic E-state index is -0.201. The molecule has 3 rings (SSSR count). The number of thiophene rings is 1. The Balaban J connectivity index is 1.60. The zero-order valence-corrected chi connectivity index (χ0v) is 12.8. The van der Waals surface area contributed by atoms with Gasteiger partial charge in [0.25, 0.3) is 5.24 Å². The highest BCUT2D eigenvalue weighted by Gasteiger charge is 2.23. The first kappa shape index (κ1) is 13.6. The SMILES string of the molecule is O=C(CN1CCSC1=O)Nc1nc(-c2cccs2)cs1. The summed E-state index contributed by atoms with van der Waals surface area (Å²) in [6.45, 7) is 0.731. The molecule has 1 N–H and O–H groups in total. The van der Waals surface area contributed by atoms with Crippen molar-refractivity contribution in [3.8, 4) is 10.6 Å². The number of carbonyl (C=O) groups excluding carboxylic acids is 2. The molecule has 1 fully saturated rings. The molecule has 0 bridgehead atoms. The monoisotopic (exact) mass is 325 g/mol. The molecule has 0 aliphatic carbocycles. The van der Waals surface area contributed by atoms with E-state index >= 15 is 0 Å². The van der Waals surface area contributed by atoms with Gasteiger partial charge in [0, 0.05) is 17.7 Å². The summed E-state index contributed by atoms with van der Waals surface area (Å²) in [5.41, 5.74) is 0.869. The highest BCUT2D eigenvalue weighted by atomic mass is 32.2. The Labute approximate surface area is 128 Å². The average molecular weight is 325 g/mol. The van der Waals surface area contributed by atoms with Gasteiger partial charge >= 0.3 is 0 Å². The Hall–Kier alpha value is -1.38. The van der Waals surface area contributed by atoms with Crippen molar-refractivity contribution in [2.75, 3.05) is 24.2 Å². The van der Waals surface area contributed by atoms with Gasteiger partial charge in [0.2, 0.25) is 5.91 Å². The first-order valence-electron chi connectivity index (χ1n) is 5.93. The van der Waals surface area contributed by atoms with E-state index in [1.165, 1.54) is 23.1 Å². The molecule has 0 spiro atoms. The Morgan fingerprint density at radius 3 is 3.05 bits per heavy atom. The average Bonchev–Trinajstić information content (AvgIpc) is 3.12. The van der Waals surface area contributed by atoms with E-state index in [1.54, 1.807) is 16.2 Å². The van der Waals surface area contributed by atoms with Gasteiger partial charge in [-0.3, -0.25) is 9.59 Å². The van der Waals surface area contributed by atoms with E-state index < -0.39 is 0 Å². The highest BCUT2D eigenvalue weighted by Crippen LogP contribution is 2.28. The number of amides is 2. The van der Waals surface area contributed by atoms with Gasteiger partial charge in [-0.1, -0.05) is 17.8 Å². The maximum Gasteiger partial charge on any atom is 0.282 e. The van der Waals surface area contributed by atoms with E-state index in [0.29, 0.717) is 11.7 Å². The van der Waals surface area contributed by atoms with Gasteiger partial charge in [-0.15, -0.1) is 22.7 Å². The Kier molecular flexibility index (Phi) is 4.04. The van der Waals surface area contributed by atoms with E-state index in [-0.39, 0.29) is 17.7 Å². The molecule has 1 saturated heterocycles. The molecule has 104 valence electrons. The molecular weight excluding hydrogens is 314 g/mol. The van der Waals surface area contributed by atoms with Crippen LogP contribution in [0.25, 0.3) is 10.6 Å². The molecule has 20 heavy (non-hydrogen) atoms. The molecule has 5 nitrogen and oxygen atoms in total. The lowest BCUT2D eigenvalue weighted by Gasteiger charge is -2.12. The van der Waals surface area contributed by atoms with Crippen LogP contribution in [0.3, 0.4) is 0 Å². The molecule has 2 aromatic rings. The Morgan fingerprint density at radius 1 is 1.45 bits per heavy atom. The van der Waals surface area contributed by atoms with E-state index in [0.717, 1.165) is 16.3 Å². The van der Waals surface area contributed by atoms with Gasteiger partial charge in [0.05, 0.1) is 10.6 Å². The molecule has 2 aromatic heterocycles. The lowest BCUT2D eigenvalue weighted by atomic mass is 10.4. The molecule has 0 unspecified atom stereocenters. The summed E-state index contributed by atoms with van der Waals surface area (Å²) in [6.07, 6.45) is 0.